The monoisotopic (exact) mass is 293 g/mol. The predicted molar refractivity (Wildman–Crippen MR) is 89.7 cm³/mol. The molecule has 0 atom stereocenters. The van der Waals surface area contributed by atoms with Crippen molar-refractivity contribution in [1.29, 1.82) is 0 Å². The molecule has 3 heteroatoms. The van der Waals surface area contributed by atoms with Crippen LogP contribution < -0.4 is 0 Å². The summed E-state index contributed by atoms with van der Waals surface area (Å²) < 4.78 is 3.10. The second-order valence-corrected chi connectivity index (χ2v) is 6.19. The molecule has 0 amide bonds. The highest BCUT2D eigenvalue weighted by molar-refractivity contribution is 7.17. The Hall–Kier alpha value is -2.26. The van der Waals surface area contributed by atoms with Crippen LogP contribution in [0.1, 0.15) is 12.5 Å². The molecule has 4 rings (SSSR count). The van der Waals surface area contributed by atoms with Gasteiger partial charge < -0.3 is 5.11 Å². The fourth-order valence-electron chi connectivity index (χ4n) is 2.75. The van der Waals surface area contributed by atoms with Gasteiger partial charge in [-0.25, -0.2) is 0 Å². The first kappa shape index (κ1) is 12.5. The van der Waals surface area contributed by atoms with E-state index in [0.717, 1.165) is 22.9 Å². The van der Waals surface area contributed by atoms with Crippen molar-refractivity contribution >= 4 is 32.2 Å². The topological polar surface area (TPSA) is 25.2 Å². The Labute approximate surface area is 126 Å². The first-order chi connectivity index (χ1) is 10.3. The van der Waals surface area contributed by atoms with Crippen LogP contribution in [-0.4, -0.2) is 9.67 Å². The number of nitrogens with zero attached hydrogens (tertiary/aromatic N) is 1. The molecular formula is C18H15NOS. The third kappa shape index (κ3) is 1.93. The largest absolute Gasteiger partial charge is 0.494 e. The van der Waals surface area contributed by atoms with E-state index < -0.39 is 0 Å². The van der Waals surface area contributed by atoms with Gasteiger partial charge in [-0.05, 0) is 47.0 Å². The summed E-state index contributed by atoms with van der Waals surface area (Å²) in [4.78, 5) is 0. The molecule has 104 valence electrons. The first-order valence-corrected chi connectivity index (χ1v) is 7.95. The van der Waals surface area contributed by atoms with Crippen molar-refractivity contribution in [3.63, 3.8) is 0 Å². The summed E-state index contributed by atoms with van der Waals surface area (Å²) in [5.74, 6) is 0.316. The predicted octanol–water partition coefficient (Wildman–Crippen LogP) is 5.11. The minimum atomic E-state index is 0.316. The van der Waals surface area contributed by atoms with Crippen LogP contribution in [0.4, 0.5) is 0 Å². The second kappa shape index (κ2) is 4.64. The van der Waals surface area contributed by atoms with E-state index in [1.165, 1.54) is 15.6 Å². The normalized spacial score (nSPS) is 11.5. The molecule has 0 saturated heterocycles. The molecule has 1 N–H and O–H groups in total. The molecule has 4 aromatic rings. The Bertz CT molecular complexity index is 948. The Balaban J connectivity index is 1.94. The zero-order chi connectivity index (χ0) is 14.4. The fraction of sp³-hybridized carbons (Fsp3) is 0.111. The Kier molecular flexibility index (Phi) is 2.76. The SMILES string of the molecule is CCc1ccc2cn(-c3ccc4ccsc4c3)c(O)c2c1. The highest BCUT2D eigenvalue weighted by Crippen LogP contribution is 2.32. The van der Waals surface area contributed by atoms with Crippen molar-refractivity contribution in [2.24, 2.45) is 0 Å². The van der Waals surface area contributed by atoms with Crippen molar-refractivity contribution in [3.05, 3.63) is 59.6 Å². The molecule has 0 aliphatic rings. The Morgan fingerprint density at radius 1 is 1.05 bits per heavy atom. The average Bonchev–Trinajstić information content (AvgIpc) is 3.11. The summed E-state index contributed by atoms with van der Waals surface area (Å²) in [6, 6.07) is 14.7. The molecule has 0 unspecified atom stereocenters. The lowest BCUT2D eigenvalue weighted by Gasteiger charge is -2.05. The van der Waals surface area contributed by atoms with E-state index >= 15 is 0 Å². The van der Waals surface area contributed by atoms with Crippen LogP contribution in [0.2, 0.25) is 0 Å². The molecule has 0 spiro atoms. The van der Waals surface area contributed by atoms with E-state index in [1.54, 1.807) is 11.3 Å². The van der Waals surface area contributed by atoms with Gasteiger partial charge in [0.05, 0.1) is 0 Å². The maximum atomic E-state index is 10.6. The molecule has 0 aliphatic heterocycles. The van der Waals surface area contributed by atoms with Gasteiger partial charge in [-0.2, -0.15) is 0 Å². The van der Waals surface area contributed by atoms with E-state index in [-0.39, 0.29) is 0 Å². The quantitative estimate of drug-likeness (QED) is 0.545. The third-order valence-electron chi connectivity index (χ3n) is 3.98. The number of aromatic nitrogens is 1. The van der Waals surface area contributed by atoms with Crippen molar-refractivity contribution < 1.29 is 5.11 Å². The van der Waals surface area contributed by atoms with Gasteiger partial charge >= 0.3 is 0 Å². The smallest absolute Gasteiger partial charge is 0.203 e. The number of hydrogen-bond donors (Lipinski definition) is 1. The van der Waals surface area contributed by atoms with Crippen LogP contribution in [0.5, 0.6) is 5.88 Å². The standard InChI is InChI=1S/C18H15NOS/c1-2-12-3-4-14-11-19(18(20)16(14)9-12)15-6-5-13-7-8-21-17(13)10-15/h3-11,20H,2H2,1H3. The average molecular weight is 293 g/mol. The molecule has 0 bridgehead atoms. The summed E-state index contributed by atoms with van der Waals surface area (Å²) in [7, 11) is 0. The number of hydrogen-bond acceptors (Lipinski definition) is 2. The number of fused-ring (bicyclic) bond motifs is 2. The minimum absolute atomic E-state index is 0.316. The zero-order valence-electron chi connectivity index (χ0n) is 11.7. The molecule has 2 aromatic carbocycles. The van der Waals surface area contributed by atoms with Crippen molar-refractivity contribution in [1.82, 2.24) is 4.57 Å². The van der Waals surface area contributed by atoms with Crippen LogP contribution in [0, 0.1) is 0 Å². The zero-order valence-corrected chi connectivity index (χ0v) is 12.5. The molecule has 2 aromatic heterocycles. The van der Waals surface area contributed by atoms with Crippen molar-refractivity contribution in [3.8, 4) is 11.6 Å². The summed E-state index contributed by atoms with van der Waals surface area (Å²) in [5.41, 5.74) is 2.24. The van der Waals surface area contributed by atoms with Gasteiger partial charge in [-0.3, -0.25) is 4.57 Å². The first-order valence-electron chi connectivity index (χ1n) is 7.07. The van der Waals surface area contributed by atoms with E-state index in [9.17, 15) is 5.11 Å². The Morgan fingerprint density at radius 2 is 1.90 bits per heavy atom. The number of thiophene rings is 1. The molecule has 0 aliphatic carbocycles. The molecule has 0 saturated carbocycles. The fourth-order valence-corrected chi connectivity index (χ4v) is 3.57. The number of aryl methyl sites for hydroxylation is 1. The van der Waals surface area contributed by atoms with Gasteiger partial charge in [0.1, 0.15) is 0 Å². The lowest BCUT2D eigenvalue weighted by molar-refractivity contribution is 0.448. The van der Waals surface area contributed by atoms with Crippen molar-refractivity contribution in [2.45, 2.75) is 13.3 Å². The molecule has 0 fully saturated rings. The van der Waals surface area contributed by atoms with Gasteiger partial charge in [-0.1, -0.05) is 25.1 Å². The highest BCUT2D eigenvalue weighted by atomic mass is 32.1. The van der Waals surface area contributed by atoms with E-state index in [2.05, 4.69) is 48.7 Å². The minimum Gasteiger partial charge on any atom is -0.494 e. The Morgan fingerprint density at radius 3 is 2.76 bits per heavy atom. The van der Waals surface area contributed by atoms with E-state index in [0.29, 0.717) is 5.88 Å². The van der Waals surface area contributed by atoms with E-state index in [4.69, 9.17) is 0 Å². The summed E-state index contributed by atoms with van der Waals surface area (Å²) in [5, 5.41) is 15.9. The lowest BCUT2D eigenvalue weighted by atomic mass is 10.1. The van der Waals surface area contributed by atoms with Gasteiger partial charge in [0.15, 0.2) is 0 Å². The van der Waals surface area contributed by atoms with Crippen LogP contribution in [0.3, 0.4) is 0 Å². The molecular weight excluding hydrogens is 278 g/mol. The lowest BCUT2D eigenvalue weighted by Crippen LogP contribution is -1.89. The molecule has 0 radical (unpaired) electrons. The molecule has 21 heavy (non-hydrogen) atoms. The van der Waals surface area contributed by atoms with Crippen molar-refractivity contribution in [2.75, 3.05) is 0 Å². The number of rotatable bonds is 2. The third-order valence-corrected chi connectivity index (χ3v) is 4.86. The number of benzene rings is 2. The van der Waals surface area contributed by atoms with Crippen LogP contribution in [0.25, 0.3) is 26.5 Å². The summed E-state index contributed by atoms with van der Waals surface area (Å²) in [6.45, 7) is 2.12. The second-order valence-electron chi connectivity index (χ2n) is 5.24. The maximum Gasteiger partial charge on any atom is 0.203 e. The van der Waals surface area contributed by atoms with E-state index in [1.807, 2.05) is 16.8 Å². The number of aromatic hydroxyl groups is 1. The summed E-state index contributed by atoms with van der Waals surface area (Å²) >= 11 is 1.72. The maximum absolute atomic E-state index is 10.6. The van der Waals surface area contributed by atoms with Crippen LogP contribution in [-0.2, 0) is 6.42 Å². The highest BCUT2D eigenvalue weighted by Gasteiger charge is 2.10. The van der Waals surface area contributed by atoms with Gasteiger partial charge in [-0.15, -0.1) is 11.3 Å². The van der Waals surface area contributed by atoms with Gasteiger partial charge in [0, 0.05) is 27.4 Å². The van der Waals surface area contributed by atoms with Gasteiger partial charge in [0.25, 0.3) is 0 Å². The van der Waals surface area contributed by atoms with Crippen LogP contribution >= 0.6 is 11.3 Å². The molecule has 2 nitrogen and oxygen atoms in total. The van der Waals surface area contributed by atoms with Crippen LogP contribution in [0.15, 0.2) is 54.0 Å². The molecule has 2 heterocycles. The van der Waals surface area contributed by atoms with Gasteiger partial charge in [0.2, 0.25) is 5.88 Å². The summed E-state index contributed by atoms with van der Waals surface area (Å²) in [6.07, 6.45) is 2.97.